The second-order valence-electron chi connectivity index (χ2n) is 10.3. The third-order valence-corrected chi connectivity index (χ3v) is 5.89. The van der Waals surface area contributed by atoms with Crippen LogP contribution in [-0.4, -0.2) is 56.1 Å². The van der Waals surface area contributed by atoms with Gasteiger partial charge in [0.2, 0.25) is 0 Å². The summed E-state index contributed by atoms with van der Waals surface area (Å²) in [6.45, 7) is 14.7. The van der Waals surface area contributed by atoms with Gasteiger partial charge in [-0.25, -0.2) is 0 Å². The fourth-order valence-corrected chi connectivity index (χ4v) is 3.70. The summed E-state index contributed by atoms with van der Waals surface area (Å²) in [6, 6.07) is 0. The van der Waals surface area contributed by atoms with Gasteiger partial charge in [-0.05, 0) is 41.9 Å². The van der Waals surface area contributed by atoms with Gasteiger partial charge < -0.3 is 25.5 Å². The monoisotopic (exact) mass is 388 g/mol. The van der Waals surface area contributed by atoms with Gasteiger partial charge in [-0.2, -0.15) is 0 Å². The summed E-state index contributed by atoms with van der Waals surface area (Å²) in [6.07, 6.45) is 0.0282. The Hall–Kier alpha value is -0.460. The Morgan fingerprint density at radius 3 is 1.70 bits per heavy atom. The molecule has 5 N–H and O–H groups in total. The number of hydrogen-bond donors (Lipinski definition) is 5. The van der Waals surface area contributed by atoms with Crippen molar-refractivity contribution in [3.8, 4) is 0 Å². The van der Waals surface area contributed by atoms with E-state index < -0.39 is 30.5 Å². The van der Waals surface area contributed by atoms with E-state index in [0.717, 1.165) is 18.4 Å². The molecule has 0 saturated heterocycles. The molecule has 27 heavy (non-hydrogen) atoms. The molecule has 0 aromatic carbocycles. The number of aliphatic hydroxyl groups excluding tert-OH is 5. The van der Waals surface area contributed by atoms with Gasteiger partial charge in [-0.15, -0.1) is 0 Å². The van der Waals surface area contributed by atoms with Crippen molar-refractivity contribution in [3.63, 3.8) is 0 Å². The van der Waals surface area contributed by atoms with Crippen LogP contribution in [0.15, 0.2) is 11.6 Å². The molecular formula is C22H44O5. The first-order valence-electron chi connectivity index (χ1n) is 9.76. The fourth-order valence-electron chi connectivity index (χ4n) is 3.70. The lowest BCUT2D eigenvalue weighted by atomic mass is 9.68. The van der Waals surface area contributed by atoms with Crippen LogP contribution in [0.3, 0.4) is 0 Å². The van der Waals surface area contributed by atoms with E-state index in [1.807, 2.05) is 27.7 Å². The first-order chi connectivity index (χ1) is 11.6. The van der Waals surface area contributed by atoms with Crippen molar-refractivity contribution in [1.29, 1.82) is 0 Å². The smallest absolute Gasteiger partial charge is 0.110 e. The summed E-state index contributed by atoms with van der Waals surface area (Å²) >= 11 is 0. The normalized spacial score (nSPS) is 37.5. The summed E-state index contributed by atoms with van der Waals surface area (Å²) in [5.41, 5.74) is 1.19. The Bertz CT molecular complexity index is 462. The molecule has 7 unspecified atom stereocenters. The van der Waals surface area contributed by atoms with Gasteiger partial charge in [0.25, 0.3) is 0 Å². The van der Waals surface area contributed by atoms with Gasteiger partial charge in [0, 0.05) is 0 Å². The number of rotatable bonds is 0. The van der Waals surface area contributed by atoms with E-state index in [1.54, 1.807) is 6.08 Å². The van der Waals surface area contributed by atoms with E-state index in [0.29, 0.717) is 12.3 Å². The van der Waals surface area contributed by atoms with Crippen molar-refractivity contribution in [2.45, 2.75) is 106 Å². The van der Waals surface area contributed by atoms with Crippen LogP contribution in [-0.2, 0) is 0 Å². The molecule has 5 nitrogen and oxygen atoms in total. The largest absolute Gasteiger partial charge is 0.390 e. The molecule has 2 aliphatic carbocycles. The topological polar surface area (TPSA) is 101 Å². The summed E-state index contributed by atoms with van der Waals surface area (Å²) in [5.74, 6) is 0.758. The summed E-state index contributed by atoms with van der Waals surface area (Å²) in [4.78, 5) is 0. The molecule has 0 aromatic heterocycles. The van der Waals surface area contributed by atoms with Crippen LogP contribution < -0.4 is 0 Å². The Morgan fingerprint density at radius 2 is 1.33 bits per heavy atom. The zero-order valence-corrected chi connectivity index (χ0v) is 17.5. The van der Waals surface area contributed by atoms with Crippen LogP contribution in [0.25, 0.3) is 0 Å². The molecule has 0 radical (unpaired) electrons. The molecule has 7 atom stereocenters. The standard InChI is InChI=1S/C11H22O2.C10H18O3.CH4/c1-7-5-8(11(2,3)4)6-9(12)10(7)13;1-10(2,3)6-4-7(11)9(13)8(12)5-6;/h7-10,12-13H,5-6H2,1-4H3;4,7-9,11-13H,5H2,1-3H3;1H4. The van der Waals surface area contributed by atoms with Gasteiger partial charge in [-0.1, -0.05) is 67.5 Å². The third kappa shape index (κ3) is 7.47. The Kier molecular flexibility index (Phi) is 9.67. The van der Waals surface area contributed by atoms with Crippen molar-refractivity contribution in [3.05, 3.63) is 11.6 Å². The second kappa shape index (κ2) is 9.84. The van der Waals surface area contributed by atoms with E-state index in [1.165, 1.54) is 0 Å². The molecule has 0 amide bonds. The third-order valence-electron chi connectivity index (χ3n) is 5.89. The average Bonchev–Trinajstić information content (AvgIpc) is 2.48. The molecule has 2 rings (SSSR count). The molecule has 0 aliphatic heterocycles. The van der Waals surface area contributed by atoms with Crippen molar-refractivity contribution >= 4 is 0 Å². The highest BCUT2D eigenvalue weighted by atomic mass is 16.4. The first kappa shape index (κ1) is 26.5. The number of hydrogen-bond acceptors (Lipinski definition) is 5. The average molecular weight is 389 g/mol. The Morgan fingerprint density at radius 1 is 0.815 bits per heavy atom. The van der Waals surface area contributed by atoms with Crippen LogP contribution in [0.2, 0.25) is 0 Å². The maximum atomic E-state index is 9.63. The van der Waals surface area contributed by atoms with Gasteiger partial charge in [0.15, 0.2) is 0 Å². The van der Waals surface area contributed by atoms with Gasteiger partial charge in [0.05, 0.1) is 18.3 Å². The fraction of sp³-hybridized carbons (Fsp3) is 0.909. The predicted molar refractivity (Wildman–Crippen MR) is 110 cm³/mol. The Labute approximate surface area is 166 Å². The van der Waals surface area contributed by atoms with Crippen LogP contribution in [0, 0.1) is 22.7 Å². The molecule has 5 heteroatoms. The van der Waals surface area contributed by atoms with Gasteiger partial charge >= 0.3 is 0 Å². The van der Waals surface area contributed by atoms with E-state index in [-0.39, 0.29) is 24.2 Å². The van der Waals surface area contributed by atoms with Crippen LogP contribution >= 0.6 is 0 Å². The van der Waals surface area contributed by atoms with Crippen molar-refractivity contribution in [1.82, 2.24) is 0 Å². The van der Waals surface area contributed by atoms with Crippen molar-refractivity contribution in [2.75, 3.05) is 0 Å². The lowest BCUT2D eigenvalue weighted by Gasteiger charge is -2.41. The minimum atomic E-state index is -1.04. The van der Waals surface area contributed by atoms with E-state index >= 15 is 0 Å². The minimum absolute atomic E-state index is 0. The zero-order valence-electron chi connectivity index (χ0n) is 17.5. The zero-order chi connectivity index (χ0) is 20.4. The molecule has 162 valence electrons. The lowest BCUT2D eigenvalue weighted by Crippen LogP contribution is -2.43. The van der Waals surface area contributed by atoms with E-state index in [2.05, 4.69) is 20.8 Å². The maximum Gasteiger partial charge on any atom is 0.110 e. The lowest BCUT2D eigenvalue weighted by molar-refractivity contribution is -0.0732. The highest BCUT2D eigenvalue weighted by Crippen LogP contribution is 2.40. The molecule has 0 bridgehead atoms. The molecule has 0 heterocycles. The molecular weight excluding hydrogens is 344 g/mol. The number of aliphatic hydroxyl groups is 5. The first-order valence-corrected chi connectivity index (χ1v) is 9.76. The maximum absolute atomic E-state index is 9.63. The summed E-state index contributed by atoms with van der Waals surface area (Å²) in [5, 5.41) is 47.3. The molecule has 1 saturated carbocycles. The van der Waals surface area contributed by atoms with Crippen molar-refractivity contribution < 1.29 is 25.5 Å². The highest BCUT2D eigenvalue weighted by molar-refractivity contribution is 5.19. The Balaban J connectivity index is 0.000000483. The summed E-state index contributed by atoms with van der Waals surface area (Å²) < 4.78 is 0. The minimum Gasteiger partial charge on any atom is -0.390 e. The summed E-state index contributed by atoms with van der Waals surface area (Å²) in [7, 11) is 0. The molecule has 0 aromatic rings. The molecule has 0 spiro atoms. The van der Waals surface area contributed by atoms with E-state index in [9.17, 15) is 25.5 Å². The highest BCUT2D eigenvalue weighted by Gasteiger charge is 2.38. The van der Waals surface area contributed by atoms with Crippen LogP contribution in [0.5, 0.6) is 0 Å². The van der Waals surface area contributed by atoms with Crippen molar-refractivity contribution in [2.24, 2.45) is 22.7 Å². The molecule has 1 fully saturated rings. The quantitative estimate of drug-likeness (QED) is 0.411. The van der Waals surface area contributed by atoms with Crippen LogP contribution in [0.4, 0.5) is 0 Å². The van der Waals surface area contributed by atoms with Gasteiger partial charge in [0.1, 0.15) is 12.2 Å². The SMILES string of the molecule is C.CC(C)(C)C1=CC(O)C(O)C(O)C1.CC1CC(C(C)(C)C)CC(O)C1O. The van der Waals surface area contributed by atoms with E-state index in [4.69, 9.17) is 0 Å². The molecule has 2 aliphatic rings. The second-order valence-corrected chi connectivity index (χ2v) is 10.3. The predicted octanol–water partition coefficient (Wildman–Crippen LogP) is 2.88. The van der Waals surface area contributed by atoms with Crippen LogP contribution in [0.1, 0.15) is 75.2 Å². The van der Waals surface area contributed by atoms with Gasteiger partial charge in [-0.3, -0.25) is 0 Å².